The Balaban J connectivity index is 1.54. The number of fused-ring (bicyclic) bond motifs is 1. The van der Waals surface area contributed by atoms with Crippen molar-refractivity contribution >= 4 is 5.82 Å². The van der Waals surface area contributed by atoms with Crippen LogP contribution in [0.2, 0.25) is 0 Å². The summed E-state index contributed by atoms with van der Waals surface area (Å²) < 4.78 is 17.8. The minimum Gasteiger partial charge on any atom is -0.454 e. The molecule has 0 aliphatic carbocycles. The highest BCUT2D eigenvalue weighted by Crippen LogP contribution is 2.35. The Morgan fingerprint density at radius 2 is 2.09 bits per heavy atom. The van der Waals surface area contributed by atoms with Crippen molar-refractivity contribution in [2.75, 3.05) is 18.7 Å². The van der Waals surface area contributed by atoms with Crippen LogP contribution in [0.5, 0.6) is 11.5 Å². The first-order valence-corrected chi connectivity index (χ1v) is 7.12. The van der Waals surface area contributed by atoms with Gasteiger partial charge in [0.2, 0.25) is 18.5 Å². The Bertz CT molecular complexity index is 841. The number of nitrogens with zero attached hydrogens (tertiary/aromatic N) is 5. The SMILES string of the molecule is CN(Cc1nc(-c2ccc3c(c2)OCO3)no1)c1ccnn1C. The summed E-state index contributed by atoms with van der Waals surface area (Å²) in [6, 6.07) is 7.50. The molecule has 3 aromatic rings. The molecule has 8 nitrogen and oxygen atoms in total. The molecule has 0 N–H and O–H groups in total. The zero-order valence-electron chi connectivity index (χ0n) is 12.8. The van der Waals surface area contributed by atoms with Crippen LogP contribution in [0.15, 0.2) is 35.0 Å². The summed E-state index contributed by atoms with van der Waals surface area (Å²) in [6.07, 6.45) is 1.75. The molecule has 0 unspecified atom stereocenters. The molecule has 4 rings (SSSR count). The molecule has 1 aliphatic heterocycles. The lowest BCUT2D eigenvalue weighted by Gasteiger charge is -2.16. The lowest BCUT2D eigenvalue weighted by molar-refractivity contribution is 0.174. The third-order valence-electron chi connectivity index (χ3n) is 3.66. The van der Waals surface area contributed by atoms with Gasteiger partial charge in [0.1, 0.15) is 5.82 Å². The number of ether oxygens (including phenoxy) is 2. The van der Waals surface area contributed by atoms with Gasteiger partial charge in [-0.3, -0.25) is 4.68 Å². The Kier molecular flexibility index (Phi) is 3.14. The summed E-state index contributed by atoms with van der Waals surface area (Å²) in [4.78, 5) is 6.43. The van der Waals surface area contributed by atoms with E-state index in [-0.39, 0.29) is 6.79 Å². The summed E-state index contributed by atoms with van der Waals surface area (Å²) in [7, 11) is 3.83. The van der Waals surface area contributed by atoms with Crippen molar-refractivity contribution in [2.24, 2.45) is 7.05 Å². The highest BCUT2D eigenvalue weighted by molar-refractivity contribution is 5.61. The van der Waals surface area contributed by atoms with Gasteiger partial charge in [0.05, 0.1) is 12.7 Å². The topological polar surface area (TPSA) is 78.4 Å². The summed E-state index contributed by atoms with van der Waals surface area (Å²) in [5.41, 5.74) is 0.826. The lowest BCUT2D eigenvalue weighted by Crippen LogP contribution is -2.19. The molecule has 0 saturated carbocycles. The van der Waals surface area contributed by atoms with Gasteiger partial charge in [0, 0.05) is 25.7 Å². The van der Waals surface area contributed by atoms with E-state index >= 15 is 0 Å². The summed E-state index contributed by atoms with van der Waals surface area (Å²) in [5, 5.41) is 8.19. The zero-order valence-corrected chi connectivity index (χ0v) is 12.8. The lowest BCUT2D eigenvalue weighted by atomic mass is 10.2. The van der Waals surface area contributed by atoms with Gasteiger partial charge in [-0.05, 0) is 18.2 Å². The molecule has 1 aromatic carbocycles. The normalized spacial score (nSPS) is 12.6. The second-order valence-corrected chi connectivity index (χ2v) is 5.25. The van der Waals surface area contributed by atoms with Crippen LogP contribution >= 0.6 is 0 Å². The molecule has 0 saturated heterocycles. The standard InChI is InChI=1S/C15H15N5O3/c1-19(14-5-6-16-20(14)2)8-13-17-15(18-23-13)10-3-4-11-12(7-10)22-9-21-11/h3-7H,8-9H2,1-2H3. The van der Waals surface area contributed by atoms with Crippen LogP contribution < -0.4 is 14.4 Å². The van der Waals surface area contributed by atoms with Crippen LogP contribution in [0.3, 0.4) is 0 Å². The fourth-order valence-corrected chi connectivity index (χ4v) is 2.50. The maximum atomic E-state index is 5.37. The van der Waals surface area contributed by atoms with Crippen LogP contribution in [-0.2, 0) is 13.6 Å². The predicted molar refractivity (Wildman–Crippen MR) is 81.2 cm³/mol. The van der Waals surface area contributed by atoms with Crippen molar-refractivity contribution < 1.29 is 14.0 Å². The third kappa shape index (κ3) is 2.48. The molecule has 1 aliphatic rings. The number of rotatable bonds is 4. The Morgan fingerprint density at radius 3 is 2.91 bits per heavy atom. The molecule has 0 radical (unpaired) electrons. The molecule has 23 heavy (non-hydrogen) atoms. The van der Waals surface area contributed by atoms with E-state index in [4.69, 9.17) is 14.0 Å². The van der Waals surface area contributed by atoms with Crippen LogP contribution in [0, 0.1) is 0 Å². The fraction of sp³-hybridized carbons (Fsp3) is 0.267. The average molecular weight is 313 g/mol. The summed E-state index contributed by atoms with van der Waals surface area (Å²) in [6.45, 7) is 0.739. The van der Waals surface area contributed by atoms with Crippen LogP contribution in [0.4, 0.5) is 5.82 Å². The molecule has 118 valence electrons. The monoisotopic (exact) mass is 313 g/mol. The molecule has 0 bridgehead atoms. The van der Waals surface area contributed by atoms with Gasteiger partial charge in [-0.15, -0.1) is 0 Å². The molecule has 0 fully saturated rings. The molecule has 0 atom stereocenters. The van der Waals surface area contributed by atoms with E-state index < -0.39 is 0 Å². The van der Waals surface area contributed by atoms with E-state index in [1.54, 1.807) is 10.9 Å². The van der Waals surface area contributed by atoms with Crippen molar-refractivity contribution in [3.8, 4) is 22.9 Å². The smallest absolute Gasteiger partial charge is 0.246 e. The largest absolute Gasteiger partial charge is 0.454 e. The fourth-order valence-electron chi connectivity index (χ4n) is 2.50. The molecule has 8 heteroatoms. The second-order valence-electron chi connectivity index (χ2n) is 5.25. The summed E-state index contributed by atoms with van der Waals surface area (Å²) >= 11 is 0. The Morgan fingerprint density at radius 1 is 1.22 bits per heavy atom. The molecule has 0 amide bonds. The quantitative estimate of drug-likeness (QED) is 0.727. The van der Waals surface area contributed by atoms with Crippen molar-refractivity contribution in [1.29, 1.82) is 0 Å². The molecular weight excluding hydrogens is 298 g/mol. The van der Waals surface area contributed by atoms with Crippen molar-refractivity contribution in [2.45, 2.75) is 6.54 Å². The predicted octanol–water partition coefficient (Wildman–Crippen LogP) is 1.84. The first-order valence-electron chi connectivity index (χ1n) is 7.12. The second kappa shape index (κ2) is 5.31. The first-order chi connectivity index (χ1) is 11.2. The van der Waals surface area contributed by atoms with Gasteiger partial charge in [0.15, 0.2) is 11.5 Å². The number of benzene rings is 1. The van der Waals surface area contributed by atoms with Gasteiger partial charge < -0.3 is 18.9 Å². The highest BCUT2D eigenvalue weighted by Gasteiger charge is 2.17. The Hall–Kier alpha value is -3.03. The molecule has 2 aromatic heterocycles. The molecular formula is C15H15N5O3. The number of aromatic nitrogens is 4. The van der Waals surface area contributed by atoms with Crippen molar-refractivity contribution in [1.82, 2.24) is 19.9 Å². The van der Waals surface area contributed by atoms with Crippen LogP contribution in [0.1, 0.15) is 5.89 Å². The minimum absolute atomic E-state index is 0.242. The maximum absolute atomic E-state index is 5.37. The maximum Gasteiger partial charge on any atom is 0.246 e. The number of anilines is 1. The van der Waals surface area contributed by atoms with E-state index in [9.17, 15) is 0 Å². The number of aryl methyl sites for hydroxylation is 1. The van der Waals surface area contributed by atoms with Crippen LogP contribution in [-0.4, -0.2) is 33.8 Å². The van der Waals surface area contributed by atoms with Gasteiger partial charge in [-0.25, -0.2) is 0 Å². The molecule has 3 heterocycles. The average Bonchev–Trinajstić information content (AvgIpc) is 3.26. The summed E-state index contributed by atoms with van der Waals surface area (Å²) in [5.74, 6) is 3.44. The number of hydrogen-bond donors (Lipinski definition) is 0. The minimum atomic E-state index is 0.242. The van der Waals surface area contributed by atoms with Gasteiger partial charge in [-0.1, -0.05) is 5.16 Å². The highest BCUT2D eigenvalue weighted by atomic mass is 16.7. The van der Waals surface area contributed by atoms with E-state index in [0.29, 0.717) is 24.0 Å². The Labute approximate surface area is 132 Å². The van der Waals surface area contributed by atoms with Crippen molar-refractivity contribution in [3.63, 3.8) is 0 Å². The van der Waals surface area contributed by atoms with E-state index in [0.717, 1.165) is 17.1 Å². The number of hydrogen-bond acceptors (Lipinski definition) is 7. The first kappa shape index (κ1) is 13.6. The van der Waals surface area contributed by atoms with Crippen LogP contribution in [0.25, 0.3) is 11.4 Å². The van der Waals surface area contributed by atoms with Crippen molar-refractivity contribution in [3.05, 3.63) is 36.4 Å². The third-order valence-corrected chi connectivity index (χ3v) is 3.66. The van der Waals surface area contributed by atoms with Gasteiger partial charge in [0.25, 0.3) is 0 Å². The van der Waals surface area contributed by atoms with E-state index in [1.165, 1.54) is 0 Å². The van der Waals surface area contributed by atoms with Gasteiger partial charge >= 0.3 is 0 Å². The van der Waals surface area contributed by atoms with E-state index in [1.807, 2.05) is 43.3 Å². The van der Waals surface area contributed by atoms with E-state index in [2.05, 4.69) is 15.2 Å². The zero-order chi connectivity index (χ0) is 15.8. The molecule has 0 spiro atoms. The van der Waals surface area contributed by atoms with Gasteiger partial charge in [-0.2, -0.15) is 10.1 Å².